The molecule has 3 N–H and O–H groups in total. The lowest BCUT2D eigenvalue weighted by Gasteiger charge is -2.22. The highest BCUT2D eigenvalue weighted by molar-refractivity contribution is 7.12. The van der Waals surface area contributed by atoms with E-state index >= 15 is 0 Å². The van der Waals surface area contributed by atoms with Crippen LogP contribution in [-0.4, -0.2) is 17.3 Å². The number of rotatable bonds is 6. The van der Waals surface area contributed by atoms with Gasteiger partial charge in [-0.2, -0.15) is 0 Å². The van der Waals surface area contributed by atoms with Crippen LogP contribution in [0.3, 0.4) is 0 Å². The van der Waals surface area contributed by atoms with Crippen LogP contribution in [-0.2, 0) is 19.3 Å². The quantitative estimate of drug-likeness (QED) is 0.687. The predicted octanol–water partition coefficient (Wildman–Crippen LogP) is 5.20. The van der Waals surface area contributed by atoms with Gasteiger partial charge in [0.2, 0.25) is 0 Å². The fourth-order valence-corrected chi connectivity index (χ4v) is 5.96. The van der Waals surface area contributed by atoms with Crippen LogP contribution in [0.4, 0.5) is 0 Å². The monoisotopic (exact) mass is 369 g/mol. The summed E-state index contributed by atoms with van der Waals surface area (Å²) in [6.45, 7) is 2.38. The molecular formula is C23H31NOS. The number of unbranched alkanes of at least 4 members (excludes halogenated alkanes) is 2. The van der Waals surface area contributed by atoms with Crippen LogP contribution >= 0.6 is 11.3 Å². The largest absolute Gasteiger partial charge is 0.394 e. The molecule has 1 saturated carbocycles. The first kappa shape index (κ1) is 18.2. The van der Waals surface area contributed by atoms with Crippen LogP contribution < -0.4 is 5.73 Å². The van der Waals surface area contributed by atoms with Gasteiger partial charge in [-0.25, -0.2) is 0 Å². The molecule has 0 amide bonds. The van der Waals surface area contributed by atoms with Gasteiger partial charge in [-0.05, 0) is 79.2 Å². The predicted molar refractivity (Wildman–Crippen MR) is 111 cm³/mol. The van der Waals surface area contributed by atoms with E-state index in [9.17, 15) is 5.11 Å². The van der Waals surface area contributed by atoms with E-state index in [0.717, 1.165) is 25.7 Å². The van der Waals surface area contributed by atoms with Gasteiger partial charge < -0.3 is 10.8 Å². The van der Waals surface area contributed by atoms with Crippen molar-refractivity contribution < 1.29 is 5.11 Å². The summed E-state index contributed by atoms with van der Waals surface area (Å²) in [5, 5.41) is 9.55. The lowest BCUT2D eigenvalue weighted by Crippen LogP contribution is -2.40. The maximum atomic E-state index is 9.55. The van der Waals surface area contributed by atoms with Crippen LogP contribution in [0.2, 0.25) is 0 Å². The Morgan fingerprint density at radius 2 is 2.08 bits per heavy atom. The summed E-state index contributed by atoms with van der Waals surface area (Å²) in [5.41, 5.74) is 11.8. The van der Waals surface area contributed by atoms with Gasteiger partial charge in [0, 0.05) is 15.3 Å². The highest BCUT2D eigenvalue weighted by Crippen LogP contribution is 2.43. The van der Waals surface area contributed by atoms with Gasteiger partial charge in [0.1, 0.15) is 0 Å². The number of aliphatic hydroxyl groups excluding tert-OH is 1. The van der Waals surface area contributed by atoms with E-state index in [0.29, 0.717) is 5.92 Å². The Labute approximate surface area is 161 Å². The molecule has 0 aliphatic heterocycles. The van der Waals surface area contributed by atoms with E-state index in [1.54, 1.807) is 9.75 Å². The number of hydrogen-bond donors (Lipinski definition) is 2. The summed E-state index contributed by atoms with van der Waals surface area (Å²) in [5.74, 6) is 0.505. The summed E-state index contributed by atoms with van der Waals surface area (Å²) in [6, 6.07) is 9.55. The lowest BCUT2D eigenvalue weighted by molar-refractivity contribution is 0.198. The van der Waals surface area contributed by atoms with Crippen molar-refractivity contribution in [3.63, 3.8) is 0 Å². The third kappa shape index (κ3) is 3.49. The molecule has 0 spiro atoms. The maximum absolute atomic E-state index is 9.55. The normalized spacial score (nSPS) is 24.5. The van der Waals surface area contributed by atoms with Crippen molar-refractivity contribution in [3.8, 4) is 11.1 Å². The zero-order valence-corrected chi connectivity index (χ0v) is 16.7. The Hall–Kier alpha value is -1.16. The molecule has 140 valence electrons. The first-order chi connectivity index (χ1) is 12.6. The van der Waals surface area contributed by atoms with Gasteiger partial charge in [0.25, 0.3) is 0 Å². The minimum atomic E-state index is -0.367. The standard InChI is InChI=1S/C23H31NOS/c1-2-3-4-5-19-13-21-20-8-6-16(12-17(20)7-9-22(21)26-19)18-10-11-23(24,14-18)15-25/h6,8,12-13,18,25H,2-5,7,9-11,14-15,24H2,1H3/t18-,23+/m0/s1. The molecule has 0 unspecified atom stereocenters. The minimum absolute atomic E-state index is 0.105. The second-order valence-corrected chi connectivity index (χ2v) is 9.60. The van der Waals surface area contributed by atoms with E-state index in [-0.39, 0.29) is 12.1 Å². The molecule has 1 aromatic heterocycles. The highest BCUT2D eigenvalue weighted by Gasteiger charge is 2.36. The van der Waals surface area contributed by atoms with Gasteiger partial charge in [0.05, 0.1) is 6.61 Å². The number of thiophene rings is 1. The number of aliphatic hydroxyl groups is 1. The van der Waals surface area contributed by atoms with Crippen molar-refractivity contribution >= 4 is 11.3 Å². The molecule has 2 atom stereocenters. The molecule has 2 aliphatic rings. The second kappa shape index (κ2) is 7.46. The molecule has 0 saturated heterocycles. The average Bonchev–Trinajstić information content (AvgIpc) is 3.25. The Bertz CT molecular complexity index is 781. The number of benzene rings is 1. The molecule has 4 rings (SSSR count). The second-order valence-electron chi connectivity index (χ2n) is 8.38. The third-order valence-electron chi connectivity index (χ3n) is 6.36. The number of hydrogen-bond acceptors (Lipinski definition) is 3. The topological polar surface area (TPSA) is 46.2 Å². The third-order valence-corrected chi connectivity index (χ3v) is 7.61. The lowest BCUT2D eigenvalue weighted by atomic mass is 9.85. The number of aryl methyl sites for hydroxylation is 3. The van der Waals surface area contributed by atoms with Crippen LogP contribution in [0.25, 0.3) is 11.1 Å². The Morgan fingerprint density at radius 1 is 1.19 bits per heavy atom. The molecule has 2 nitrogen and oxygen atoms in total. The Balaban J connectivity index is 1.55. The van der Waals surface area contributed by atoms with E-state index < -0.39 is 0 Å². The van der Waals surface area contributed by atoms with E-state index in [4.69, 9.17) is 5.73 Å². The highest BCUT2D eigenvalue weighted by atomic mass is 32.1. The number of fused-ring (bicyclic) bond motifs is 3. The first-order valence-electron chi connectivity index (χ1n) is 10.3. The van der Waals surface area contributed by atoms with Gasteiger partial charge >= 0.3 is 0 Å². The SMILES string of the molecule is CCCCCc1cc2c(s1)CCc1cc([C@H]3CC[C@](N)(CO)C3)ccc1-2. The van der Waals surface area contributed by atoms with Crippen LogP contribution in [0, 0.1) is 0 Å². The van der Waals surface area contributed by atoms with Gasteiger partial charge in [-0.3, -0.25) is 0 Å². The summed E-state index contributed by atoms with van der Waals surface area (Å²) < 4.78 is 0. The fourth-order valence-electron chi connectivity index (χ4n) is 4.74. The smallest absolute Gasteiger partial charge is 0.0611 e. The van der Waals surface area contributed by atoms with Crippen LogP contribution in [0.5, 0.6) is 0 Å². The molecule has 3 heteroatoms. The minimum Gasteiger partial charge on any atom is -0.394 e. The van der Waals surface area contributed by atoms with Crippen LogP contribution in [0.1, 0.15) is 72.2 Å². The first-order valence-corrected chi connectivity index (χ1v) is 11.1. The van der Waals surface area contributed by atoms with Crippen molar-refractivity contribution in [2.24, 2.45) is 5.73 Å². The molecule has 26 heavy (non-hydrogen) atoms. The van der Waals surface area contributed by atoms with Crippen molar-refractivity contribution in [1.29, 1.82) is 0 Å². The maximum Gasteiger partial charge on any atom is 0.0611 e. The molecule has 0 bridgehead atoms. The van der Waals surface area contributed by atoms with Gasteiger partial charge in [-0.15, -0.1) is 11.3 Å². The average molecular weight is 370 g/mol. The molecule has 1 fully saturated rings. The zero-order chi connectivity index (χ0) is 18.1. The van der Waals surface area contributed by atoms with E-state index in [1.165, 1.54) is 54.4 Å². The van der Waals surface area contributed by atoms with Crippen molar-refractivity contribution in [2.75, 3.05) is 6.61 Å². The van der Waals surface area contributed by atoms with Crippen molar-refractivity contribution in [2.45, 2.75) is 76.2 Å². The molecule has 1 heterocycles. The number of nitrogens with two attached hydrogens (primary N) is 1. The van der Waals surface area contributed by atoms with E-state index in [2.05, 4.69) is 31.2 Å². The van der Waals surface area contributed by atoms with E-state index in [1.807, 2.05) is 11.3 Å². The molecule has 2 aromatic rings. The summed E-state index contributed by atoms with van der Waals surface area (Å²) in [6.07, 6.45) is 10.5. The molecule has 2 aliphatic carbocycles. The Morgan fingerprint density at radius 3 is 2.85 bits per heavy atom. The summed E-state index contributed by atoms with van der Waals surface area (Å²) >= 11 is 2.04. The molecule has 1 aromatic carbocycles. The fraction of sp³-hybridized carbons (Fsp3) is 0.565. The zero-order valence-electron chi connectivity index (χ0n) is 15.9. The Kier molecular flexibility index (Phi) is 5.22. The van der Waals surface area contributed by atoms with Crippen molar-refractivity contribution in [1.82, 2.24) is 0 Å². The summed E-state index contributed by atoms with van der Waals surface area (Å²) in [7, 11) is 0. The van der Waals surface area contributed by atoms with Crippen LogP contribution in [0.15, 0.2) is 24.3 Å². The van der Waals surface area contributed by atoms with Crippen molar-refractivity contribution in [3.05, 3.63) is 45.1 Å². The van der Waals surface area contributed by atoms with Gasteiger partial charge in [-0.1, -0.05) is 38.0 Å². The molecular weight excluding hydrogens is 338 g/mol. The van der Waals surface area contributed by atoms with Gasteiger partial charge in [0.15, 0.2) is 0 Å². The summed E-state index contributed by atoms with van der Waals surface area (Å²) in [4.78, 5) is 3.14. The molecule has 0 radical (unpaired) electrons.